The largest absolute Gasteiger partial charge is 0.494 e. The van der Waals surface area contributed by atoms with Gasteiger partial charge in [-0.15, -0.1) is 0 Å². The topological polar surface area (TPSA) is 275 Å². The molecule has 9 rings (SSSR count). The van der Waals surface area contributed by atoms with Crippen molar-refractivity contribution in [3.05, 3.63) is 239 Å². The average molecular weight is 1330 g/mol. The lowest BCUT2D eigenvalue weighted by atomic mass is 10.1. The van der Waals surface area contributed by atoms with Crippen LogP contribution in [0.15, 0.2) is 164 Å². The fourth-order valence-corrected chi connectivity index (χ4v) is 8.31. The number of nitrogens with zero attached hydrogens (tertiary/aromatic N) is 3. The van der Waals surface area contributed by atoms with Gasteiger partial charge in [-0.05, 0) is 134 Å². The van der Waals surface area contributed by atoms with Crippen molar-refractivity contribution in [3.8, 4) is 40.2 Å². The number of aromatic nitrogens is 3. The molecular formula is C63H47Cl6FN6O13. The SMILES string of the molecule is CC(C)CCOc1ccc(Oc2cc(Cl)c(Cl)cc2C(=O)Nc2ccc(C(=O)O)nc2)cc1.Cc1cc(F)ccc1Oc1cc(Cl)c(Cl)cc1C(=O)Nc1ccc(C(=O)O)nc1.O=C(O)c1ccc(NC(=O)c2cc(Cl)c(Cl)cc2Oc2ccccc2)cn1. The summed E-state index contributed by atoms with van der Waals surface area (Å²) in [6.07, 6.45) is 4.66. The zero-order chi connectivity index (χ0) is 64.5. The molecule has 3 aromatic heterocycles. The molecule has 0 saturated heterocycles. The number of amides is 3. The molecule has 0 unspecified atom stereocenters. The number of halogens is 7. The molecule has 0 bridgehead atoms. The molecule has 0 fully saturated rings. The molecule has 456 valence electrons. The van der Waals surface area contributed by atoms with E-state index in [1.807, 2.05) is 6.07 Å². The fraction of sp³-hybridized carbons (Fsp3) is 0.0952. The van der Waals surface area contributed by atoms with E-state index in [1.54, 1.807) is 55.5 Å². The van der Waals surface area contributed by atoms with Crippen LogP contribution in [0, 0.1) is 18.7 Å². The van der Waals surface area contributed by atoms with Crippen molar-refractivity contribution in [2.75, 3.05) is 22.6 Å². The summed E-state index contributed by atoms with van der Waals surface area (Å²) < 4.78 is 36.5. The van der Waals surface area contributed by atoms with Gasteiger partial charge in [-0.25, -0.2) is 33.7 Å². The van der Waals surface area contributed by atoms with Gasteiger partial charge < -0.3 is 50.2 Å². The molecule has 3 heterocycles. The van der Waals surface area contributed by atoms with Crippen molar-refractivity contribution in [3.63, 3.8) is 0 Å². The van der Waals surface area contributed by atoms with Crippen LogP contribution in [0.2, 0.25) is 30.1 Å². The second kappa shape index (κ2) is 31.4. The van der Waals surface area contributed by atoms with E-state index < -0.39 is 41.4 Å². The number of para-hydroxylation sites is 1. The first-order valence-electron chi connectivity index (χ1n) is 26.0. The highest BCUT2D eigenvalue weighted by Gasteiger charge is 2.22. The molecule has 3 amide bonds. The Kier molecular flexibility index (Phi) is 23.6. The van der Waals surface area contributed by atoms with Gasteiger partial charge in [0, 0.05) is 18.2 Å². The molecule has 0 saturated carbocycles. The number of ether oxygens (including phenoxy) is 4. The number of carboxylic acids is 3. The predicted molar refractivity (Wildman–Crippen MR) is 336 cm³/mol. The highest BCUT2D eigenvalue weighted by molar-refractivity contribution is 6.43. The molecule has 6 N–H and O–H groups in total. The number of rotatable bonds is 19. The Labute approximate surface area is 536 Å². The summed E-state index contributed by atoms with van der Waals surface area (Å²) >= 11 is 36.5. The normalized spacial score (nSPS) is 10.5. The number of benzene rings is 6. The molecule has 6 aromatic carbocycles. The fourth-order valence-electron chi connectivity index (χ4n) is 7.35. The van der Waals surface area contributed by atoms with E-state index in [4.69, 9.17) is 104 Å². The molecule has 89 heavy (non-hydrogen) atoms. The number of carboxylic acid groups (broad SMARTS) is 3. The standard InChI is InChI=1S/C24H22Cl2N2O5.C20H13Cl2FN2O4.C19H12Cl2N2O4/c1-14(2)9-10-32-16-4-6-17(7-5-16)33-22-12-20(26)19(25)11-18(22)23(29)28-15-3-8-21(24(30)31)27-13-15;1-10-6-11(23)2-5-17(10)29-18-8-15(22)14(21)7-13(18)19(26)25-12-3-4-16(20(27)28)24-9-12;20-14-8-13(17(9-15(14)21)27-12-4-2-1-3-5-12)18(24)23-11-6-7-16(19(25)26)22-10-11/h3-8,11-14H,9-10H2,1-2H3,(H,28,29)(H,30,31);2-9H,1H3,(H,25,26)(H,27,28);1-10H,(H,23,24)(H,25,26). The van der Waals surface area contributed by atoms with E-state index in [9.17, 15) is 33.2 Å². The first-order valence-corrected chi connectivity index (χ1v) is 28.2. The van der Waals surface area contributed by atoms with Gasteiger partial charge in [-0.3, -0.25) is 14.4 Å². The third kappa shape index (κ3) is 19.5. The first-order chi connectivity index (χ1) is 42.4. The molecule has 0 radical (unpaired) electrons. The summed E-state index contributed by atoms with van der Waals surface area (Å²) in [7, 11) is 0. The minimum Gasteiger partial charge on any atom is -0.494 e. The maximum Gasteiger partial charge on any atom is 0.354 e. The van der Waals surface area contributed by atoms with Gasteiger partial charge >= 0.3 is 17.9 Å². The van der Waals surface area contributed by atoms with Gasteiger partial charge in [-0.1, -0.05) is 102 Å². The van der Waals surface area contributed by atoms with E-state index in [2.05, 4.69) is 44.7 Å². The summed E-state index contributed by atoms with van der Waals surface area (Å²) in [6.45, 7) is 6.54. The van der Waals surface area contributed by atoms with Crippen LogP contribution in [0.25, 0.3) is 0 Å². The van der Waals surface area contributed by atoms with Gasteiger partial charge in [0.05, 0.1) is 89.1 Å². The summed E-state index contributed by atoms with van der Waals surface area (Å²) in [5, 5.41) is 35.7. The second-order valence-electron chi connectivity index (χ2n) is 18.9. The van der Waals surface area contributed by atoms with Crippen LogP contribution in [0.4, 0.5) is 21.5 Å². The van der Waals surface area contributed by atoms with Crippen molar-refractivity contribution in [1.29, 1.82) is 0 Å². The van der Waals surface area contributed by atoms with Crippen molar-refractivity contribution in [1.82, 2.24) is 15.0 Å². The van der Waals surface area contributed by atoms with Crippen molar-refractivity contribution in [2.45, 2.75) is 27.2 Å². The Balaban J connectivity index is 0.000000191. The Morgan fingerprint density at radius 3 is 1.16 bits per heavy atom. The number of anilines is 3. The maximum atomic E-state index is 13.3. The summed E-state index contributed by atoms with van der Waals surface area (Å²) in [4.78, 5) is 82.2. The molecule has 0 aliphatic heterocycles. The summed E-state index contributed by atoms with van der Waals surface area (Å²) in [5.41, 5.74) is 1.38. The predicted octanol–water partition coefficient (Wildman–Crippen LogP) is 17.3. The molecule has 0 atom stereocenters. The van der Waals surface area contributed by atoms with Gasteiger partial charge in [-0.2, -0.15) is 0 Å². The molecule has 26 heteroatoms. The van der Waals surface area contributed by atoms with Crippen LogP contribution in [0.3, 0.4) is 0 Å². The van der Waals surface area contributed by atoms with Crippen LogP contribution in [-0.4, -0.2) is 72.5 Å². The third-order valence-electron chi connectivity index (χ3n) is 11.9. The molecule has 9 aromatic rings. The smallest absolute Gasteiger partial charge is 0.354 e. The lowest BCUT2D eigenvalue weighted by Gasteiger charge is -2.14. The molecule has 0 spiro atoms. The van der Waals surface area contributed by atoms with Gasteiger partial charge in [0.1, 0.15) is 63.1 Å². The quantitative estimate of drug-likeness (QED) is 0.0439. The Bertz CT molecular complexity index is 4060. The second-order valence-corrected chi connectivity index (χ2v) is 21.3. The average Bonchev–Trinajstić information content (AvgIpc) is 1.40. The van der Waals surface area contributed by atoms with Crippen molar-refractivity contribution in [2.24, 2.45) is 5.92 Å². The first kappa shape index (κ1) is 67.0. The number of carbonyl (C=O) groups is 6. The number of hydrogen-bond donors (Lipinski definition) is 6. The lowest BCUT2D eigenvalue weighted by molar-refractivity contribution is 0.0680. The number of nitrogens with one attached hydrogen (secondary N) is 3. The lowest BCUT2D eigenvalue weighted by Crippen LogP contribution is -2.14. The zero-order valence-corrected chi connectivity index (χ0v) is 51.0. The highest BCUT2D eigenvalue weighted by Crippen LogP contribution is 2.38. The summed E-state index contributed by atoms with van der Waals surface area (Å²) in [5.74, 6) is -2.39. The van der Waals surface area contributed by atoms with E-state index in [0.717, 1.165) is 6.42 Å². The van der Waals surface area contributed by atoms with Crippen LogP contribution in [0.1, 0.15) is 88.4 Å². The Hall–Kier alpha value is -9.54. The van der Waals surface area contributed by atoms with Gasteiger partial charge in [0.2, 0.25) is 0 Å². The van der Waals surface area contributed by atoms with E-state index in [-0.39, 0.29) is 86.8 Å². The number of aryl methyl sites for hydroxylation is 1. The van der Waals surface area contributed by atoms with Crippen LogP contribution in [0.5, 0.6) is 40.2 Å². The Morgan fingerprint density at radius 1 is 0.449 bits per heavy atom. The molecule has 0 aliphatic rings. The Morgan fingerprint density at radius 2 is 0.809 bits per heavy atom. The summed E-state index contributed by atoms with van der Waals surface area (Å²) in [6, 6.07) is 36.4. The number of aromatic carboxylic acids is 3. The molecule has 19 nitrogen and oxygen atoms in total. The van der Waals surface area contributed by atoms with E-state index >= 15 is 0 Å². The van der Waals surface area contributed by atoms with Gasteiger partial charge in [0.15, 0.2) is 0 Å². The number of carbonyl (C=O) groups excluding carboxylic acids is 3. The minimum absolute atomic E-state index is 0.0745. The number of pyridine rings is 3. The van der Waals surface area contributed by atoms with Crippen LogP contribution >= 0.6 is 69.6 Å². The monoisotopic (exact) mass is 1320 g/mol. The van der Waals surface area contributed by atoms with E-state index in [1.165, 1.54) is 110 Å². The van der Waals surface area contributed by atoms with Crippen molar-refractivity contribution < 1.29 is 67.4 Å². The molecule has 0 aliphatic carbocycles. The minimum atomic E-state index is -1.18. The molecular weight excluding hydrogens is 1280 g/mol. The van der Waals surface area contributed by atoms with Crippen molar-refractivity contribution >= 4 is 122 Å². The zero-order valence-electron chi connectivity index (χ0n) is 46.5. The van der Waals surface area contributed by atoms with Crippen LogP contribution < -0.4 is 34.9 Å². The van der Waals surface area contributed by atoms with E-state index in [0.29, 0.717) is 52.5 Å². The highest BCUT2D eigenvalue weighted by atomic mass is 35.5. The van der Waals surface area contributed by atoms with Gasteiger partial charge in [0.25, 0.3) is 17.7 Å². The number of hydrogen-bond acceptors (Lipinski definition) is 13. The maximum absolute atomic E-state index is 13.3. The van der Waals surface area contributed by atoms with Crippen LogP contribution in [-0.2, 0) is 0 Å². The third-order valence-corrected chi connectivity index (χ3v) is 14.0.